The molecule has 5 heteroatoms. The van der Waals surface area contributed by atoms with Gasteiger partial charge in [0.15, 0.2) is 0 Å². The summed E-state index contributed by atoms with van der Waals surface area (Å²) in [6.07, 6.45) is 8.50. The normalized spacial score (nSPS) is 17.7. The maximum atomic E-state index is 11.1. The minimum Gasteiger partial charge on any atom is -0.478 e. The number of anilines is 1. The number of aromatic carboxylic acids is 1. The van der Waals surface area contributed by atoms with Gasteiger partial charge >= 0.3 is 5.97 Å². The maximum absolute atomic E-state index is 11.1. The smallest absolute Gasteiger partial charge is 0.335 e. The van der Waals surface area contributed by atoms with Gasteiger partial charge in [-0.05, 0) is 38.2 Å². The summed E-state index contributed by atoms with van der Waals surface area (Å²) >= 11 is 1.92. The molecule has 0 aliphatic heterocycles. The molecule has 0 radical (unpaired) electrons. The van der Waals surface area contributed by atoms with Crippen LogP contribution in [0.5, 0.6) is 0 Å². The van der Waals surface area contributed by atoms with E-state index in [0.29, 0.717) is 11.4 Å². The molecule has 1 aromatic rings. The van der Waals surface area contributed by atoms with Crippen LogP contribution in [-0.2, 0) is 0 Å². The van der Waals surface area contributed by atoms with Crippen molar-refractivity contribution in [2.75, 3.05) is 18.1 Å². The van der Waals surface area contributed by atoms with Crippen LogP contribution >= 0.6 is 11.8 Å². The predicted octanol–water partition coefficient (Wildman–Crippen LogP) is 3.57. The van der Waals surface area contributed by atoms with E-state index in [1.807, 2.05) is 18.7 Å². The zero-order chi connectivity index (χ0) is 14.6. The summed E-state index contributed by atoms with van der Waals surface area (Å²) in [6.45, 7) is 2.67. The van der Waals surface area contributed by atoms with Crippen LogP contribution in [0.3, 0.4) is 0 Å². The number of pyridine rings is 1. The van der Waals surface area contributed by atoms with Crippen LogP contribution in [0.4, 0.5) is 5.82 Å². The molecule has 0 aromatic carbocycles. The molecule has 4 nitrogen and oxygen atoms in total. The molecule has 1 heterocycles. The second kappa shape index (κ2) is 6.48. The van der Waals surface area contributed by atoms with E-state index in [-0.39, 0.29) is 4.75 Å². The average Bonchev–Trinajstić information content (AvgIpc) is 2.45. The summed E-state index contributed by atoms with van der Waals surface area (Å²) in [6, 6.07) is 3.21. The van der Waals surface area contributed by atoms with Crippen LogP contribution in [0.2, 0.25) is 0 Å². The third kappa shape index (κ3) is 3.66. The standard InChI is InChI=1S/C15H22N2O2S/c1-11-8-12(14(18)19)9-13(17-11)16-10-15(20-2)6-4-3-5-7-15/h8-9H,3-7,10H2,1-2H3,(H,16,17)(H,18,19). The predicted molar refractivity (Wildman–Crippen MR) is 83.8 cm³/mol. The van der Waals surface area contributed by atoms with Gasteiger partial charge in [-0.3, -0.25) is 0 Å². The number of carboxylic acid groups (broad SMARTS) is 1. The van der Waals surface area contributed by atoms with Crippen molar-refractivity contribution in [2.24, 2.45) is 0 Å². The van der Waals surface area contributed by atoms with Crippen molar-refractivity contribution in [3.8, 4) is 0 Å². The fraction of sp³-hybridized carbons (Fsp3) is 0.600. The van der Waals surface area contributed by atoms with E-state index in [4.69, 9.17) is 5.11 Å². The Balaban J connectivity index is 2.07. The van der Waals surface area contributed by atoms with Crippen molar-refractivity contribution in [3.63, 3.8) is 0 Å². The summed E-state index contributed by atoms with van der Waals surface area (Å²) in [5.74, 6) is -0.239. The van der Waals surface area contributed by atoms with E-state index in [2.05, 4.69) is 16.6 Å². The lowest BCUT2D eigenvalue weighted by Crippen LogP contribution is -2.35. The van der Waals surface area contributed by atoms with Crippen LogP contribution in [0.25, 0.3) is 0 Å². The molecule has 2 rings (SSSR count). The van der Waals surface area contributed by atoms with Crippen molar-refractivity contribution in [2.45, 2.75) is 43.8 Å². The number of hydrogen-bond donors (Lipinski definition) is 2. The Morgan fingerprint density at radius 3 is 2.70 bits per heavy atom. The highest BCUT2D eigenvalue weighted by atomic mass is 32.2. The molecule has 0 unspecified atom stereocenters. The zero-order valence-electron chi connectivity index (χ0n) is 12.1. The first-order chi connectivity index (χ1) is 9.54. The summed E-state index contributed by atoms with van der Waals surface area (Å²) in [5.41, 5.74) is 1.02. The lowest BCUT2D eigenvalue weighted by atomic mass is 9.88. The largest absolute Gasteiger partial charge is 0.478 e. The number of aryl methyl sites for hydroxylation is 1. The number of hydrogen-bond acceptors (Lipinski definition) is 4. The monoisotopic (exact) mass is 294 g/mol. The molecule has 0 atom stereocenters. The summed E-state index contributed by atoms with van der Waals surface area (Å²) in [4.78, 5) is 15.5. The fourth-order valence-corrected chi connectivity index (χ4v) is 3.70. The van der Waals surface area contributed by atoms with Crippen molar-refractivity contribution in [1.82, 2.24) is 4.98 Å². The van der Waals surface area contributed by atoms with Crippen molar-refractivity contribution in [1.29, 1.82) is 0 Å². The van der Waals surface area contributed by atoms with Crippen molar-refractivity contribution < 1.29 is 9.90 Å². The van der Waals surface area contributed by atoms with Crippen molar-refractivity contribution in [3.05, 3.63) is 23.4 Å². The molecular formula is C15H22N2O2S. The molecule has 0 saturated heterocycles. The van der Waals surface area contributed by atoms with E-state index in [1.54, 1.807) is 12.1 Å². The topological polar surface area (TPSA) is 62.2 Å². The molecule has 2 N–H and O–H groups in total. The lowest BCUT2D eigenvalue weighted by Gasteiger charge is -2.36. The first kappa shape index (κ1) is 15.2. The second-order valence-corrected chi connectivity index (χ2v) is 6.76. The van der Waals surface area contributed by atoms with E-state index < -0.39 is 5.97 Å². The molecule has 0 amide bonds. The Labute approximate surface area is 124 Å². The molecule has 0 bridgehead atoms. The van der Waals surface area contributed by atoms with Gasteiger partial charge in [0.05, 0.1) is 5.56 Å². The van der Waals surface area contributed by atoms with Crippen LogP contribution < -0.4 is 5.32 Å². The highest BCUT2D eigenvalue weighted by Gasteiger charge is 2.30. The van der Waals surface area contributed by atoms with E-state index in [1.165, 1.54) is 32.1 Å². The number of thioether (sulfide) groups is 1. The average molecular weight is 294 g/mol. The van der Waals surface area contributed by atoms with E-state index in [9.17, 15) is 4.79 Å². The second-order valence-electron chi connectivity index (χ2n) is 5.49. The van der Waals surface area contributed by atoms with Gasteiger partial charge in [-0.2, -0.15) is 11.8 Å². The molecule has 1 aromatic heterocycles. The van der Waals surface area contributed by atoms with Gasteiger partial charge in [0.1, 0.15) is 5.82 Å². The maximum Gasteiger partial charge on any atom is 0.335 e. The Hall–Kier alpha value is -1.23. The number of rotatable bonds is 5. The van der Waals surface area contributed by atoms with Crippen LogP contribution in [0, 0.1) is 6.92 Å². The van der Waals surface area contributed by atoms with Crippen molar-refractivity contribution >= 4 is 23.5 Å². The molecule has 20 heavy (non-hydrogen) atoms. The van der Waals surface area contributed by atoms with Gasteiger partial charge in [-0.15, -0.1) is 0 Å². The number of carbonyl (C=O) groups is 1. The SMILES string of the molecule is CSC1(CNc2cc(C(=O)O)cc(C)n2)CCCCC1. The fourth-order valence-electron chi connectivity index (χ4n) is 2.78. The van der Waals surface area contributed by atoms with E-state index >= 15 is 0 Å². The Morgan fingerprint density at radius 2 is 2.10 bits per heavy atom. The third-order valence-corrected chi connectivity index (χ3v) is 5.41. The first-order valence-electron chi connectivity index (χ1n) is 7.06. The molecule has 0 spiro atoms. The molecule has 1 saturated carbocycles. The van der Waals surface area contributed by atoms with Crippen LogP contribution in [0.1, 0.15) is 48.2 Å². The minimum absolute atomic E-state index is 0.271. The molecular weight excluding hydrogens is 272 g/mol. The van der Waals surface area contributed by atoms with Gasteiger partial charge in [-0.1, -0.05) is 19.3 Å². The van der Waals surface area contributed by atoms with Crippen LogP contribution in [0.15, 0.2) is 12.1 Å². The van der Waals surface area contributed by atoms with Gasteiger partial charge in [0.25, 0.3) is 0 Å². The quantitative estimate of drug-likeness (QED) is 0.869. The Bertz CT molecular complexity index is 485. The van der Waals surface area contributed by atoms with Gasteiger partial charge < -0.3 is 10.4 Å². The highest BCUT2D eigenvalue weighted by Crippen LogP contribution is 2.38. The summed E-state index contributed by atoms with van der Waals surface area (Å²) in [5, 5.41) is 12.4. The Kier molecular flexibility index (Phi) is 4.91. The van der Waals surface area contributed by atoms with Gasteiger partial charge in [0, 0.05) is 17.0 Å². The molecule has 110 valence electrons. The minimum atomic E-state index is -0.907. The molecule has 1 aliphatic carbocycles. The van der Waals surface area contributed by atoms with Gasteiger partial charge in [-0.25, -0.2) is 9.78 Å². The zero-order valence-corrected chi connectivity index (χ0v) is 12.9. The third-order valence-electron chi connectivity index (χ3n) is 3.99. The number of nitrogens with zero attached hydrogens (tertiary/aromatic N) is 1. The first-order valence-corrected chi connectivity index (χ1v) is 8.28. The van der Waals surface area contributed by atoms with E-state index in [0.717, 1.165) is 12.2 Å². The number of carboxylic acids is 1. The molecule has 1 fully saturated rings. The highest BCUT2D eigenvalue weighted by molar-refractivity contribution is 8.00. The number of aromatic nitrogens is 1. The Morgan fingerprint density at radius 1 is 1.40 bits per heavy atom. The van der Waals surface area contributed by atoms with Crippen LogP contribution in [-0.4, -0.2) is 33.6 Å². The van der Waals surface area contributed by atoms with Gasteiger partial charge in [0.2, 0.25) is 0 Å². The lowest BCUT2D eigenvalue weighted by molar-refractivity contribution is 0.0696. The summed E-state index contributed by atoms with van der Waals surface area (Å²) < 4.78 is 0.271. The summed E-state index contributed by atoms with van der Waals surface area (Å²) in [7, 11) is 0. The molecule has 1 aliphatic rings. The number of nitrogens with one attached hydrogen (secondary N) is 1.